The van der Waals surface area contributed by atoms with Gasteiger partial charge < -0.3 is 4.57 Å². The van der Waals surface area contributed by atoms with E-state index in [9.17, 15) is 0 Å². The van der Waals surface area contributed by atoms with Gasteiger partial charge in [0.05, 0.1) is 22.4 Å². The second-order valence-corrected chi connectivity index (χ2v) is 13.5. The van der Waals surface area contributed by atoms with Crippen molar-refractivity contribution in [2.75, 3.05) is 0 Å². The van der Waals surface area contributed by atoms with Crippen molar-refractivity contribution in [1.29, 1.82) is 0 Å². The number of fused-ring (bicyclic) bond motifs is 4. The zero-order chi connectivity index (χ0) is 35.1. The van der Waals surface area contributed by atoms with Crippen LogP contribution >= 0.6 is 0 Å². The maximum Gasteiger partial charge on any atom is 0.160 e. The molecule has 0 unspecified atom stereocenters. The number of benzene rings is 8. The quantitative estimate of drug-likeness (QED) is 0.176. The Hall–Kier alpha value is -7.10. The molecule has 248 valence electrons. The fraction of sp³-hybridized carbons (Fsp3) is 0. The highest BCUT2D eigenvalue weighted by Gasteiger charge is 2.15. The summed E-state index contributed by atoms with van der Waals surface area (Å²) in [5.41, 5.74) is 13.0. The largest absolute Gasteiger partial charge is 0.309 e. The van der Waals surface area contributed by atoms with E-state index in [1.165, 1.54) is 49.3 Å². The molecule has 8 aromatic carbocycles. The van der Waals surface area contributed by atoms with Gasteiger partial charge in [-0.1, -0.05) is 158 Å². The van der Waals surface area contributed by atoms with Gasteiger partial charge in [0.2, 0.25) is 0 Å². The number of aromatic nitrogens is 3. The molecule has 3 nitrogen and oxygen atoms in total. The number of nitrogens with zero attached hydrogens (tertiary/aromatic N) is 3. The third-order valence-electron chi connectivity index (χ3n) is 10.2. The van der Waals surface area contributed by atoms with Gasteiger partial charge in [0.15, 0.2) is 5.82 Å². The summed E-state index contributed by atoms with van der Waals surface area (Å²) in [5.74, 6) is 0.693. The lowest BCUT2D eigenvalue weighted by Gasteiger charge is -2.12. The van der Waals surface area contributed by atoms with Gasteiger partial charge in [0.25, 0.3) is 0 Å². The molecular formula is C50H33N3. The van der Waals surface area contributed by atoms with Crippen molar-refractivity contribution in [2.24, 2.45) is 0 Å². The molecule has 0 bridgehead atoms. The molecular weight excluding hydrogens is 643 g/mol. The summed E-state index contributed by atoms with van der Waals surface area (Å²) >= 11 is 0. The molecule has 3 heteroatoms. The van der Waals surface area contributed by atoms with E-state index < -0.39 is 0 Å². The van der Waals surface area contributed by atoms with Crippen LogP contribution in [0.15, 0.2) is 200 Å². The minimum absolute atomic E-state index is 0.693. The summed E-state index contributed by atoms with van der Waals surface area (Å²) in [6.07, 6.45) is 0. The highest BCUT2D eigenvalue weighted by molar-refractivity contribution is 6.09. The molecule has 0 aliphatic heterocycles. The van der Waals surface area contributed by atoms with Crippen molar-refractivity contribution in [3.8, 4) is 61.8 Å². The van der Waals surface area contributed by atoms with Crippen molar-refractivity contribution in [3.63, 3.8) is 0 Å². The molecule has 0 aliphatic rings. The zero-order valence-corrected chi connectivity index (χ0v) is 28.9. The lowest BCUT2D eigenvalue weighted by atomic mass is 9.99. The fourth-order valence-corrected chi connectivity index (χ4v) is 7.52. The van der Waals surface area contributed by atoms with Gasteiger partial charge in [-0.25, -0.2) is 9.97 Å². The summed E-state index contributed by atoms with van der Waals surface area (Å²) in [5, 5.41) is 4.96. The zero-order valence-electron chi connectivity index (χ0n) is 28.9. The van der Waals surface area contributed by atoms with Crippen LogP contribution in [0, 0.1) is 0 Å². The van der Waals surface area contributed by atoms with Crippen LogP contribution in [0.5, 0.6) is 0 Å². The summed E-state index contributed by atoms with van der Waals surface area (Å²) in [4.78, 5) is 10.4. The predicted molar refractivity (Wildman–Crippen MR) is 221 cm³/mol. The minimum atomic E-state index is 0.693. The first-order chi connectivity index (χ1) is 26.2. The Kier molecular flexibility index (Phi) is 7.47. The van der Waals surface area contributed by atoms with E-state index in [1.54, 1.807) is 0 Å². The highest BCUT2D eigenvalue weighted by atomic mass is 15.0. The van der Waals surface area contributed by atoms with Crippen molar-refractivity contribution >= 4 is 32.6 Å². The third kappa shape index (κ3) is 5.65. The molecule has 10 rings (SSSR count). The average molecular weight is 676 g/mol. The van der Waals surface area contributed by atoms with E-state index in [0.717, 1.165) is 39.3 Å². The number of para-hydroxylation sites is 2. The van der Waals surface area contributed by atoms with Gasteiger partial charge in [-0.3, -0.25) is 0 Å². The normalized spacial score (nSPS) is 11.4. The van der Waals surface area contributed by atoms with Gasteiger partial charge in [0, 0.05) is 33.2 Å². The lowest BCUT2D eigenvalue weighted by Crippen LogP contribution is -1.97. The first-order valence-electron chi connectivity index (χ1n) is 18.0. The average Bonchev–Trinajstić information content (AvgIpc) is 3.58. The van der Waals surface area contributed by atoms with Crippen LogP contribution in [0.3, 0.4) is 0 Å². The molecule has 0 N–H and O–H groups in total. The van der Waals surface area contributed by atoms with Gasteiger partial charge in [-0.15, -0.1) is 0 Å². The van der Waals surface area contributed by atoms with Gasteiger partial charge >= 0.3 is 0 Å². The molecule has 0 saturated carbocycles. The van der Waals surface area contributed by atoms with Crippen LogP contribution in [0.25, 0.3) is 94.4 Å². The maximum atomic E-state index is 5.22. The van der Waals surface area contributed by atoms with Gasteiger partial charge in [-0.05, 0) is 75.5 Å². The first kappa shape index (κ1) is 30.7. The monoisotopic (exact) mass is 675 g/mol. The maximum absolute atomic E-state index is 5.22. The summed E-state index contributed by atoms with van der Waals surface area (Å²) < 4.78 is 2.35. The standard InChI is InChI=1S/C50H33N3/c1-2-11-34(12-3-1)36-21-24-37(25-22-36)46-33-47(38-27-29-43(30-28-38)53-48-19-8-6-17-44(48)45-18-7-9-20-49(45)53)52-50(51-46)42-16-10-15-40(32-42)41-26-23-35-13-4-5-14-39(35)31-41/h1-33H. The molecule has 0 aliphatic carbocycles. The predicted octanol–water partition coefficient (Wildman–Crippen LogP) is 13.1. The van der Waals surface area contributed by atoms with E-state index in [-0.39, 0.29) is 0 Å². The third-order valence-corrected chi connectivity index (χ3v) is 10.2. The molecule has 2 aromatic heterocycles. The minimum Gasteiger partial charge on any atom is -0.309 e. The molecule has 53 heavy (non-hydrogen) atoms. The fourth-order valence-electron chi connectivity index (χ4n) is 7.52. The number of hydrogen-bond donors (Lipinski definition) is 0. The highest BCUT2D eigenvalue weighted by Crippen LogP contribution is 2.35. The molecule has 0 fully saturated rings. The van der Waals surface area contributed by atoms with E-state index in [4.69, 9.17) is 9.97 Å². The first-order valence-corrected chi connectivity index (χ1v) is 18.0. The van der Waals surface area contributed by atoms with Crippen molar-refractivity contribution in [1.82, 2.24) is 14.5 Å². The van der Waals surface area contributed by atoms with Crippen LogP contribution < -0.4 is 0 Å². The van der Waals surface area contributed by atoms with Crippen LogP contribution in [0.4, 0.5) is 0 Å². The van der Waals surface area contributed by atoms with Crippen LogP contribution in [-0.2, 0) is 0 Å². The molecule has 10 aromatic rings. The van der Waals surface area contributed by atoms with E-state index in [1.807, 2.05) is 6.07 Å². The second kappa shape index (κ2) is 12.9. The van der Waals surface area contributed by atoms with Crippen LogP contribution in [-0.4, -0.2) is 14.5 Å². The second-order valence-electron chi connectivity index (χ2n) is 13.5. The Labute approximate surface area is 308 Å². The number of hydrogen-bond acceptors (Lipinski definition) is 2. The molecule has 0 amide bonds. The lowest BCUT2D eigenvalue weighted by molar-refractivity contribution is 1.17. The van der Waals surface area contributed by atoms with Crippen molar-refractivity contribution < 1.29 is 0 Å². The van der Waals surface area contributed by atoms with Gasteiger partial charge in [0.1, 0.15) is 0 Å². The Morgan fingerprint density at radius 1 is 0.302 bits per heavy atom. The van der Waals surface area contributed by atoms with E-state index in [2.05, 4.69) is 199 Å². The van der Waals surface area contributed by atoms with E-state index >= 15 is 0 Å². The Bertz CT molecular complexity index is 2870. The molecule has 0 atom stereocenters. The number of rotatable bonds is 6. The molecule has 0 spiro atoms. The van der Waals surface area contributed by atoms with Crippen molar-refractivity contribution in [2.45, 2.75) is 0 Å². The van der Waals surface area contributed by atoms with Crippen molar-refractivity contribution in [3.05, 3.63) is 200 Å². The molecule has 2 heterocycles. The smallest absolute Gasteiger partial charge is 0.160 e. The molecule has 0 radical (unpaired) electrons. The Morgan fingerprint density at radius 3 is 1.49 bits per heavy atom. The Balaban J connectivity index is 1.08. The summed E-state index contributed by atoms with van der Waals surface area (Å²) in [6.45, 7) is 0. The topological polar surface area (TPSA) is 30.7 Å². The SMILES string of the molecule is c1ccc(-c2ccc(-c3cc(-c4ccc(-n5c6ccccc6c6ccccc65)cc4)nc(-c4cccc(-c5ccc6ccccc6c5)c4)n3)cc2)cc1. The molecule has 0 saturated heterocycles. The van der Waals surface area contributed by atoms with Crippen LogP contribution in [0.1, 0.15) is 0 Å². The Morgan fingerprint density at radius 2 is 0.792 bits per heavy atom. The van der Waals surface area contributed by atoms with E-state index in [0.29, 0.717) is 5.82 Å². The summed E-state index contributed by atoms with van der Waals surface area (Å²) in [6, 6.07) is 70.9. The summed E-state index contributed by atoms with van der Waals surface area (Å²) in [7, 11) is 0. The van der Waals surface area contributed by atoms with Gasteiger partial charge in [-0.2, -0.15) is 0 Å². The van der Waals surface area contributed by atoms with Crippen LogP contribution in [0.2, 0.25) is 0 Å².